The zero-order valence-corrected chi connectivity index (χ0v) is 9.76. The third-order valence-electron chi connectivity index (χ3n) is 3.33. The maximum Gasteiger partial charge on any atom is 0.230 e. The van der Waals surface area contributed by atoms with Crippen LogP contribution in [0.25, 0.3) is 11.4 Å². The monoisotopic (exact) mass is 229 g/mol. The van der Waals surface area contributed by atoms with E-state index in [9.17, 15) is 0 Å². The van der Waals surface area contributed by atoms with E-state index in [0.29, 0.717) is 11.7 Å². The molecule has 0 saturated heterocycles. The van der Waals surface area contributed by atoms with Gasteiger partial charge in [-0.1, -0.05) is 12.1 Å². The second-order valence-electron chi connectivity index (χ2n) is 4.70. The molecule has 1 aromatic heterocycles. The van der Waals surface area contributed by atoms with Crippen LogP contribution in [0.3, 0.4) is 0 Å². The first-order valence-corrected chi connectivity index (χ1v) is 5.93. The Labute approximate surface area is 99.8 Å². The van der Waals surface area contributed by atoms with Crippen molar-refractivity contribution in [3.8, 4) is 11.4 Å². The van der Waals surface area contributed by atoms with Gasteiger partial charge in [0.1, 0.15) is 0 Å². The summed E-state index contributed by atoms with van der Waals surface area (Å²) in [6.45, 7) is 2.15. The molecule has 0 radical (unpaired) electrons. The van der Waals surface area contributed by atoms with E-state index in [0.717, 1.165) is 23.1 Å². The number of hydrogen-bond acceptors (Lipinski definition) is 4. The fourth-order valence-corrected chi connectivity index (χ4v) is 1.97. The molecule has 0 bridgehead atoms. The second kappa shape index (κ2) is 3.87. The molecule has 4 heteroatoms. The standard InChI is InChI=1S/C13H15N3O/c1-8(9-2-3-9)13-15-12(16-17-13)10-4-6-11(14)7-5-10/h4-9H,2-3,14H2,1H3. The number of anilines is 1. The lowest BCUT2D eigenvalue weighted by atomic mass is 10.1. The molecule has 2 N–H and O–H groups in total. The summed E-state index contributed by atoms with van der Waals surface area (Å²) < 4.78 is 5.32. The van der Waals surface area contributed by atoms with Crippen LogP contribution in [0.4, 0.5) is 5.69 Å². The van der Waals surface area contributed by atoms with Gasteiger partial charge >= 0.3 is 0 Å². The van der Waals surface area contributed by atoms with Crippen LogP contribution in [0.5, 0.6) is 0 Å². The van der Waals surface area contributed by atoms with E-state index in [1.54, 1.807) is 0 Å². The summed E-state index contributed by atoms with van der Waals surface area (Å²) in [5.41, 5.74) is 7.32. The largest absolute Gasteiger partial charge is 0.399 e. The molecule has 0 aliphatic heterocycles. The number of aromatic nitrogens is 2. The van der Waals surface area contributed by atoms with Crippen molar-refractivity contribution < 1.29 is 4.52 Å². The Balaban J connectivity index is 1.86. The Bertz CT molecular complexity index is 514. The predicted molar refractivity (Wildman–Crippen MR) is 65.3 cm³/mol. The molecule has 1 atom stereocenters. The minimum absolute atomic E-state index is 0.380. The van der Waals surface area contributed by atoms with Gasteiger partial charge in [-0.15, -0.1) is 0 Å². The summed E-state index contributed by atoms with van der Waals surface area (Å²) in [4.78, 5) is 4.45. The van der Waals surface area contributed by atoms with Gasteiger partial charge in [0.2, 0.25) is 11.7 Å². The van der Waals surface area contributed by atoms with E-state index >= 15 is 0 Å². The first-order valence-electron chi connectivity index (χ1n) is 5.93. The molecule has 1 heterocycles. The van der Waals surface area contributed by atoms with Crippen molar-refractivity contribution in [3.05, 3.63) is 30.2 Å². The quantitative estimate of drug-likeness (QED) is 0.822. The van der Waals surface area contributed by atoms with Crippen LogP contribution in [0.2, 0.25) is 0 Å². The summed E-state index contributed by atoms with van der Waals surface area (Å²) in [6.07, 6.45) is 2.56. The van der Waals surface area contributed by atoms with Gasteiger partial charge < -0.3 is 10.3 Å². The SMILES string of the molecule is CC(c1nc(-c2ccc(N)cc2)no1)C1CC1. The number of nitrogen functional groups attached to an aromatic ring is 1. The molecule has 2 aromatic rings. The van der Waals surface area contributed by atoms with Crippen molar-refractivity contribution >= 4 is 5.69 Å². The molecule has 3 rings (SSSR count). The van der Waals surface area contributed by atoms with Gasteiger partial charge in [-0.05, 0) is 43.0 Å². The van der Waals surface area contributed by atoms with Gasteiger partial charge in [0.25, 0.3) is 0 Å². The number of benzene rings is 1. The molecule has 1 saturated carbocycles. The summed E-state index contributed by atoms with van der Waals surface area (Å²) >= 11 is 0. The van der Waals surface area contributed by atoms with E-state index in [-0.39, 0.29) is 0 Å². The Hall–Kier alpha value is -1.84. The summed E-state index contributed by atoms with van der Waals surface area (Å²) in [5, 5.41) is 4.02. The minimum Gasteiger partial charge on any atom is -0.399 e. The maximum atomic E-state index is 5.64. The zero-order chi connectivity index (χ0) is 11.8. The third kappa shape index (κ3) is 2.02. The molecular formula is C13H15N3O. The average molecular weight is 229 g/mol. The first kappa shape index (κ1) is 10.3. The van der Waals surface area contributed by atoms with Crippen LogP contribution in [-0.4, -0.2) is 10.1 Å². The molecule has 88 valence electrons. The van der Waals surface area contributed by atoms with Crippen molar-refractivity contribution in [1.29, 1.82) is 0 Å². The number of hydrogen-bond donors (Lipinski definition) is 1. The van der Waals surface area contributed by atoms with E-state index in [2.05, 4.69) is 17.1 Å². The second-order valence-corrected chi connectivity index (χ2v) is 4.70. The normalized spacial score (nSPS) is 17.0. The predicted octanol–water partition coefficient (Wildman–Crippen LogP) is 2.83. The number of nitrogens with two attached hydrogens (primary N) is 1. The van der Waals surface area contributed by atoms with Crippen LogP contribution in [-0.2, 0) is 0 Å². The maximum absolute atomic E-state index is 5.64. The lowest BCUT2D eigenvalue weighted by molar-refractivity contribution is 0.349. The molecule has 0 amide bonds. The van der Waals surface area contributed by atoms with Crippen molar-refractivity contribution in [2.45, 2.75) is 25.7 Å². The Morgan fingerprint density at radius 1 is 1.29 bits per heavy atom. The van der Waals surface area contributed by atoms with E-state index in [4.69, 9.17) is 10.3 Å². The van der Waals surface area contributed by atoms with Gasteiger partial charge in [0, 0.05) is 17.2 Å². The fourth-order valence-electron chi connectivity index (χ4n) is 1.97. The Morgan fingerprint density at radius 2 is 2.00 bits per heavy atom. The van der Waals surface area contributed by atoms with Gasteiger partial charge in [0.15, 0.2) is 0 Å². The average Bonchev–Trinajstić information content (AvgIpc) is 3.07. The first-order chi connectivity index (χ1) is 8.24. The molecular weight excluding hydrogens is 214 g/mol. The molecule has 1 fully saturated rings. The van der Waals surface area contributed by atoms with Crippen LogP contribution in [0.1, 0.15) is 31.6 Å². The van der Waals surface area contributed by atoms with E-state index < -0.39 is 0 Å². The Kier molecular flexibility index (Phi) is 2.35. The van der Waals surface area contributed by atoms with E-state index in [1.807, 2.05) is 24.3 Å². The van der Waals surface area contributed by atoms with Crippen molar-refractivity contribution in [3.63, 3.8) is 0 Å². The molecule has 0 spiro atoms. The molecule has 17 heavy (non-hydrogen) atoms. The highest BCUT2D eigenvalue weighted by Crippen LogP contribution is 2.41. The number of rotatable bonds is 3. The Morgan fingerprint density at radius 3 is 2.65 bits per heavy atom. The highest BCUT2D eigenvalue weighted by atomic mass is 16.5. The van der Waals surface area contributed by atoms with Crippen molar-refractivity contribution in [1.82, 2.24) is 10.1 Å². The lowest BCUT2D eigenvalue weighted by Gasteiger charge is -2.01. The molecule has 4 nitrogen and oxygen atoms in total. The zero-order valence-electron chi connectivity index (χ0n) is 9.76. The van der Waals surface area contributed by atoms with Crippen LogP contribution >= 0.6 is 0 Å². The topological polar surface area (TPSA) is 64.9 Å². The van der Waals surface area contributed by atoms with Crippen LogP contribution in [0, 0.1) is 5.92 Å². The third-order valence-corrected chi connectivity index (χ3v) is 3.33. The highest BCUT2D eigenvalue weighted by Gasteiger charge is 2.32. The van der Waals surface area contributed by atoms with Crippen molar-refractivity contribution in [2.24, 2.45) is 5.92 Å². The van der Waals surface area contributed by atoms with Crippen molar-refractivity contribution in [2.75, 3.05) is 5.73 Å². The summed E-state index contributed by atoms with van der Waals surface area (Å²) in [5.74, 6) is 2.51. The molecule has 1 aliphatic carbocycles. The minimum atomic E-state index is 0.380. The van der Waals surface area contributed by atoms with Gasteiger partial charge in [-0.2, -0.15) is 4.98 Å². The van der Waals surface area contributed by atoms with Gasteiger partial charge in [-0.3, -0.25) is 0 Å². The lowest BCUT2D eigenvalue weighted by Crippen LogP contribution is -1.95. The van der Waals surface area contributed by atoms with E-state index in [1.165, 1.54) is 12.8 Å². The molecule has 1 aromatic carbocycles. The summed E-state index contributed by atoms with van der Waals surface area (Å²) in [7, 11) is 0. The van der Waals surface area contributed by atoms with Crippen LogP contribution < -0.4 is 5.73 Å². The highest BCUT2D eigenvalue weighted by molar-refractivity contribution is 5.58. The fraction of sp³-hybridized carbons (Fsp3) is 0.385. The van der Waals surface area contributed by atoms with Crippen LogP contribution in [0.15, 0.2) is 28.8 Å². The molecule has 1 aliphatic rings. The van der Waals surface area contributed by atoms with Gasteiger partial charge in [0.05, 0.1) is 0 Å². The molecule has 1 unspecified atom stereocenters. The van der Waals surface area contributed by atoms with Gasteiger partial charge in [-0.25, -0.2) is 0 Å². The smallest absolute Gasteiger partial charge is 0.230 e. The summed E-state index contributed by atoms with van der Waals surface area (Å²) in [6, 6.07) is 7.50. The number of nitrogens with zero attached hydrogens (tertiary/aromatic N) is 2.